The molecule has 2 aromatic rings. The highest BCUT2D eigenvalue weighted by atomic mass is 16.4. The molecule has 0 atom stereocenters. The summed E-state index contributed by atoms with van der Waals surface area (Å²) in [6.07, 6.45) is 1.75. The molecule has 4 nitrogen and oxygen atoms in total. The van der Waals surface area contributed by atoms with Crippen LogP contribution in [0.1, 0.15) is 26.8 Å². The minimum absolute atomic E-state index is 0. The molecular formula is C9H12N2O2. The van der Waals surface area contributed by atoms with E-state index in [0.717, 1.165) is 5.56 Å². The second-order valence-corrected chi connectivity index (χ2v) is 3.28. The van der Waals surface area contributed by atoms with Gasteiger partial charge in [0.1, 0.15) is 0 Å². The van der Waals surface area contributed by atoms with Gasteiger partial charge in [-0.3, -0.25) is 4.98 Å². The number of nitrogens with zero attached hydrogens (tertiary/aromatic N) is 1. The Kier molecular flexibility index (Phi) is 1.69. The monoisotopic (exact) mass is 180 g/mol. The molecule has 2 rings (SSSR count). The molecule has 4 heteroatoms. The van der Waals surface area contributed by atoms with Crippen LogP contribution in [-0.4, -0.2) is 9.97 Å². The fourth-order valence-electron chi connectivity index (χ4n) is 1.17. The molecule has 0 bridgehead atoms. The van der Waals surface area contributed by atoms with Crippen molar-refractivity contribution in [3.05, 3.63) is 28.4 Å². The molecule has 13 heavy (non-hydrogen) atoms. The molecule has 0 spiro atoms. The highest BCUT2D eigenvalue weighted by molar-refractivity contribution is 5.67. The van der Waals surface area contributed by atoms with Crippen LogP contribution in [0.2, 0.25) is 0 Å². The van der Waals surface area contributed by atoms with E-state index < -0.39 is 5.76 Å². The van der Waals surface area contributed by atoms with Gasteiger partial charge < -0.3 is 4.42 Å². The quantitative estimate of drug-likeness (QED) is 0.728. The second kappa shape index (κ2) is 2.73. The molecule has 0 aliphatic rings. The van der Waals surface area contributed by atoms with Gasteiger partial charge in [-0.05, 0) is 17.5 Å². The highest BCUT2D eigenvalue weighted by Gasteiger charge is 2.05. The average Bonchev–Trinajstić information content (AvgIpc) is 2.42. The van der Waals surface area contributed by atoms with Crippen LogP contribution in [0.25, 0.3) is 11.2 Å². The maximum absolute atomic E-state index is 10.8. The lowest BCUT2D eigenvalue weighted by Crippen LogP contribution is -1.93. The summed E-state index contributed by atoms with van der Waals surface area (Å²) in [6.45, 7) is 4.13. The predicted molar refractivity (Wildman–Crippen MR) is 50.8 cm³/mol. The van der Waals surface area contributed by atoms with E-state index >= 15 is 0 Å². The van der Waals surface area contributed by atoms with E-state index in [2.05, 4.69) is 23.8 Å². The number of pyridine rings is 1. The lowest BCUT2D eigenvalue weighted by Gasteiger charge is -2.01. The zero-order chi connectivity index (χ0) is 9.42. The molecule has 2 heterocycles. The molecule has 0 aromatic carbocycles. The van der Waals surface area contributed by atoms with Gasteiger partial charge >= 0.3 is 5.76 Å². The number of fused-ring (bicyclic) bond motifs is 1. The number of oxazole rings is 1. The summed E-state index contributed by atoms with van der Waals surface area (Å²) in [4.78, 5) is 17.4. The van der Waals surface area contributed by atoms with Crippen LogP contribution in [0.3, 0.4) is 0 Å². The molecular weight excluding hydrogens is 168 g/mol. The maximum atomic E-state index is 10.8. The normalized spacial score (nSPS) is 11.3. The van der Waals surface area contributed by atoms with E-state index in [1.54, 1.807) is 6.20 Å². The van der Waals surface area contributed by atoms with Crippen LogP contribution in [0.4, 0.5) is 0 Å². The summed E-state index contributed by atoms with van der Waals surface area (Å²) >= 11 is 0. The van der Waals surface area contributed by atoms with Gasteiger partial charge in [0.15, 0.2) is 11.2 Å². The first kappa shape index (κ1) is 8.04. The fraction of sp³-hybridized carbons (Fsp3) is 0.333. The Morgan fingerprint density at radius 3 is 3.08 bits per heavy atom. The zero-order valence-electron chi connectivity index (χ0n) is 7.50. The van der Waals surface area contributed by atoms with E-state index in [-0.39, 0.29) is 1.43 Å². The van der Waals surface area contributed by atoms with Gasteiger partial charge in [0.05, 0.1) is 0 Å². The third-order valence-electron chi connectivity index (χ3n) is 1.96. The molecule has 2 aromatic heterocycles. The Bertz CT molecular complexity index is 487. The van der Waals surface area contributed by atoms with Crippen molar-refractivity contribution in [3.8, 4) is 0 Å². The molecule has 0 aliphatic carbocycles. The van der Waals surface area contributed by atoms with Gasteiger partial charge in [0, 0.05) is 7.62 Å². The van der Waals surface area contributed by atoms with Crippen molar-refractivity contribution in [2.75, 3.05) is 0 Å². The lowest BCUT2D eigenvalue weighted by atomic mass is 10.1. The van der Waals surface area contributed by atoms with Gasteiger partial charge in [-0.25, -0.2) is 9.78 Å². The Labute approximate surface area is 76.1 Å². The van der Waals surface area contributed by atoms with E-state index in [1.165, 1.54) is 0 Å². The van der Waals surface area contributed by atoms with Crippen molar-refractivity contribution < 1.29 is 5.84 Å². The van der Waals surface area contributed by atoms with Crippen LogP contribution >= 0.6 is 0 Å². The molecule has 0 saturated heterocycles. The first-order valence-electron chi connectivity index (χ1n) is 4.15. The third kappa shape index (κ3) is 1.35. The van der Waals surface area contributed by atoms with Crippen LogP contribution < -0.4 is 5.76 Å². The Morgan fingerprint density at radius 1 is 1.62 bits per heavy atom. The standard InChI is InChI=1S/C9H10N2O2.H2/c1-5(2)6-3-7-8(10-4-6)11-9(12)13-7;/h3-5H,1-2H3,(H,10,11,12);1H. The number of aromatic amines is 1. The van der Waals surface area contributed by atoms with Crippen molar-refractivity contribution in [1.29, 1.82) is 0 Å². The Morgan fingerprint density at radius 2 is 2.38 bits per heavy atom. The Balaban J connectivity index is 0.000000980. The number of hydrogen-bond donors (Lipinski definition) is 1. The first-order chi connectivity index (χ1) is 6.16. The number of rotatable bonds is 1. The topological polar surface area (TPSA) is 58.9 Å². The smallest absolute Gasteiger partial charge is 0.406 e. The summed E-state index contributed by atoms with van der Waals surface area (Å²) in [5.74, 6) is -0.0690. The third-order valence-corrected chi connectivity index (χ3v) is 1.96. The van der Waals surface area contributed by atoms with Crippen molar-refractivity contribution in [1.82, 2.24) is 9.97 Å². The van der Waals surface area contributed by atoms with Crippen LogP contribution in [-0.2, 0) is 0 Å². The maximum Gasteiger partial charge on any atom is 0.418 e. The highest BCUT2D eigenvalue weighted by Crippen LogP contribution is 2.16. The van der Waals surface area contributed by atoms with Crippen molar-refractivity contribution in [3.63, 3.8) is 0 Å². The second-order valence-electron chi connectivity index (χ2n) is 3.28. The Hall–Kier alpha value is -1.58. The SMILES string of the molecule is CC(C)c1cnc2[nH]c(=O)oc2c1.[HH]. The molecule has 0 fully saturated rings. The van der Waals surface area contributed by atoms with Crippen LogP contribution in [0.5, 0.6) is 0 Å². The number of H-pyrrole nitrogens is 1. The summed E-state index contributed by atoms with van der Waals surface area (Å²) in [5.41, 5.74) is 2.10. The molecule has 0 radical (unpaired) electrons. The lowest BCUT2D eigenvalue weighted by molar-refractivity contribution is 0.554. The number of hydrogen-bond acceptors (Lipinski definition) is 3. The molecule has 0 saturated carbocycles. The summed E-state index contributed by atoms with van der Waals surface area (Å²) in [7, 11) is 0. The minimum Gasteiger partial charge on any atom is -0.406 e. The predicted octanol–water partition coefficient (Wildman–Crippen LogP) is 1.89. The number of nitrogens with one attached hydrogen (secondary N) is 1. The van der Waals surface area contributed by atoms with Gasteiger partial charge in [-0.2, -0.15) is 0 Å². The molecule has 0 amide bonds. The molecule has 0 unspecified atom stereocenters. The van der Waals surface area contributed by atoms with Gasteiger partial charge in [0.2, 0.25) is 0 Å². The van der Waals surface area contributed by atoms with Crippen molar-refractivity contribution in [2.45, 2.75) is 19.8 Å². The van der Waals surface area contributed by atoms with Gasteiger partial charge in [0.25, 0.3) is 0 Å². The van der Waals surface area contributed by atoms with Crippen LogP contribution in [0.15, 0.2) is 21.5 Å². The average molecular weight is 180 g/mol. The largest absolute Gasteiger partial charge is 0.418 e. The van der Waals surface area contributed by atoms with Gasteiger partial charge in [-0.15, -0.1) is 0 Å². The summed E-state index contributed by atoms with van der Waals surface area (Å²) in [5, 5.41) is 0. The molecule has 1 N–H and O–H groups in total. The van der Waals surface area contributed by atoms with E-state index in [4.69, 9.17) is 4.42 Å². The minimum atomic E-state index is -0.455. The zero-order valence-corrected chi connectivity index (χ0v) is 7.50. The van der Waals surface area contributed by atoms with Gasteiger partial charge in [-0.1, -0.05) is 13.8 Å². The first-order valence-corrected chi connectivity index (χ1v) is 4.15. The van der Waals surface area contributed by atoms with Crippen LogP contribution in [0, 0.1) is 0 Å². The fourth-order valence-corrected chi connectivity index (χ4v) is 1.17. The van der Waals surface area contributed by atoms with E-state index in [1.807, 2.05) is 6.07 Å². The summed E-state index contributed by atoms with van der Waals surface area (Å²) in [6, 6.07) is 1.84. The van der Waals surface area contributed by atoms with E-state index in [9.17, 15) is 4.79 Å². The van der Waals surface area contributed by atoms with E-state index in [0.29, 0.717) is 17.1 Å². The van der Waals surface area contributed by atoms with Crippen molar-refractivity contribution >= 4 is 11.2 Å². The van der Waals surface area contributed by atoms with Crippen molar-refractivity contribution in [2.24, 2.45) is 0 Å². The molecule has 0 aliphatic heterocycles. The summed E-state index contributed by atoms with van der Waals surface area (Å²) < 4.78 is 4.89. The molecule has 70 valence electrons. The number of aromatic nitrogens is 2.